The van der Waals surface area contributed by atoms with Crippen LogP contribution in [-0.4, -0.2) is 24.2 Å². The normalized spacial score (nSPS) is 15.2. The first-order valence-corrected chi connectivity index (χ1v) is 9.90. The van der Waals surface area contributed by atoms with Crippen LogP contribution < -0.4 is 0 Å². The van der Waals surface area contributed by atoms with E-state index in [9.17, 15) is 0 Å². The van der Waals surface area contributed by atoms with E-state index in [1.165, 1.54) is 0 Å². The number of hydrogen-bond acceptors (Lipinski definition) is 3. The van der Waals surface area contributed by atoms with Gasteiger partial charge in [-0.15, -0.1) is 0 Å². The van der Waals surface area contributed by atoms with Crippen molar-refractivity contribution in [3.8, 4) is 0 Å². The molecular formula is C12H27BrO3Si. The summed E-state index contributed by atoms with van der Waals surface area (Å²) in [5.41, 5.74) is -0.940. The van der Waals surface area contributed by atoms with Gasteiger partial charge in [-0.2, -0.15) is 0 Å². The van der Waals surface area contributed by atoms with E-state index in [2.05, 4.69) is 15.3 Å². The predicted octanol–water partition coefficient (Wildman–Crippen LogP) is 4.26. The summed E-state index contributed by atoms with van der Waals surface area (Å²) in [5.74, 6) is 0. The summed E-state index contributed by atoms with van der Waals surface area (Å²) in [6.07, 6.45) is 0. The molecule has 0 fully saturated rings. The molecule has 0 aliphatic carbocycles. The van der Waals surface area contributed by atoms with Crippen LogP contribution in [0.25, 0.3) is 0 Å². The highest BCUT2D eigenvalue weighted by molar-refractivity contribution is 9.25. The highest BCUT2D eigenvalue weighted by Crippen LogP contribution is 2.32. The summed E-state index contributed by atoms with van der Waals surface area (Å²) in [4.78, 5) is 0. The van der Waals surface area contributed by atoms with Gasteiger partial charge in [0.05, 0.1) is 16.8 Å². The molecule has 3 nitrogen and oxygen atoms in total. The van der Waals surface area contributed by atoms with Gasteiger partial charge in [-0.1, -0.05) is 0 Å². The summed E-state index contributed by atoms with van der Waals surface area (Å²) >= 11 is 3.57. The van der Waals surface area contributed by atoms with E-state index in [1.807, 2.05) is 62.3 Å². The minimum Gasteiger partial charge on any atom is -0.360 e. The molecule has 0 bridgehead atoms. The van der Waals surface area contributed by atoms with Crippen LogP contribution in [0.15, 0.2) is 0 Å². The van der Waals surface area contributed by atoms with Crippen molar-refractivity contribution in [3.63, 3.8) is 0 Å². The number of halogens is 1. The van der Waals surface area contributed by atoms with Crippen molar-refractivity contribution in [3.05, 3.63) is 0 Å². The molecule has 0 amide bonds. The SMILES string of the molecule is CC(C)(C)O[Si](Br)(OC(C)(C)C)OC(C)(C)C. The van der Waals surface area contributed by atoms with Crippen LogP contribution in [0.5, 0.6) is 0 Å². The maximum Gasteiger partial charge on any atom is 0.581 e. The Balaban J connectivity index is 4.95. The number of hydrogen-bond donors (Lipinski definition) is 0. The quantitative estimate of drug-likeness (QED) is 0.572. The highest BCUT2D eigenvalue weighted by atomic mass is 79.9. The summed E-state index contributed by atoms with van der Waals surface area (Å²) in [6.45, 7) is 17.9. The van der Waals surface area contributed by atoms with Crippen molar-refractivity contribution >= 4 is 22.7 Å². The van der Waals surface area contributed by atoms with Crippen molar-refractivity contribution in [2.75, 3.05) is 0 Å². The van der Waals surface area contributed by atoms with Gasteiger partial charge in [0.2, 0.25) is 0 Å². The second-order valence-corrected chi connectivity index (χ2v) is 11.6. The molecule has 0 heterocycles. The Morgan fingerprint density at radius 2 is 0.765 bits per heavy atom. The second kappa shape index (κ2) is 5.29. The first-order chi connectivity index (χ1) is 7.12. The van der Waals surface area contributed by atoms with Gasteiger partial charge in [0.15, 0.2) is 0 Å². The van der Waals surface area contributed by atoms with E-state index in [0.717, 1.165) is 0 Å². The molecular weight excluding hydrogens is 300 g/mol. The molecule has 0 aliphatic heterocycles. The van der Waals surface area contributed by atoms with Gasteiger partial charge in [-0.25, -0.2) is 0 Å². The third kappa shape index (κ3) is 10.2. The third-order valence-corrected chi connectivity index (χ3v) is 5.31. The van der Waals surface area contributed by atoms with E-state index in [0.29, 0.717) is 0 Å². The highest BCUT2D eigenvalue weighted by Gasteiger charge is 2.48. The Hall–Kier alpha value is 0.577. The van der Waals surface area contributed by atoms with Crippen LogP contribution in [0, 0.1) is 0 Å². The van der Waals surface area contributed by atoms with E-state index in [1.54, 1.807) is 0 Å². The molecule has 0 radical (unpaired) electrons. The topological polar surface area (TPSA) is 27.7 Å². The lowest BCUT2D eigenvalue weighted by Gasteiger charge is -2.39. The molecule has 0 saturated carbocycles. The van der Waals surface area contributed by atoms with Crippen molar-refractivity contribution < 1.29 is 13.3 Å². The second-order valence-electron chi connectivity index (χ2n) is 7.12. The van der Waals surface area contributed by atoms with Gasteiger partial charge in [-0.3, -0.25) is 0 Å². The van der Waals surface area contributed by atoms with Crippen LogP contribution in [0.1, 0.15) is 62.3 Å². The molecule has 0 spiro atoms. The van der Waals surface area contributed by atoms with Gasteiger partial charge < -0.3 is 13.3 Å². The average molecular weight is 327 g/mol. The Labute approximate surface area is 115 Å². The maximum atomic E-state index is 5.99. The van der Waals surface area contributed by atoms with Crippen molar-refractivity contribution in [1.82, 2.24) is 0 Å². The number of rotatable bonds is 3. The Morgan fingerprint density at radius 3 is 0.882 bits per heavy atom. The Bertz CT molecular complexity index is 207. The van der Waals surface area contributed by atoms with Crippen molar-refractivity contribution in [2.24, 2.45) is 0 Å². The molecule has 0 aromatic rings. The molecule has 0 saturated heterocycles. The molecule has 0 aromatic heterocycles. The predicted molar refractivity (Wildman–Crippen MR) is 77.2 cm³/mol. The van der Waals surface area contributed by atoms with Crippen LogP contribution in [0.3, 0.4) is 0 Å². The smallest absolute Gasteiger partial charge is 0.360 e. The largest absolute Gasteiger partial charge is 0.581 e. The lowest BCUT2D eigenvalue weighted by Crippen LogP contribution is -2.52. The van der Waals surface area contributed by atoms with Gasteiger partial charge in [-0.05, 0) is 77.6 Å². The van der Waals surface area contributed by atoms with Crippen molar-refractivity contribution in [2.45, 2.75) is 79.1 Å². The Kier molecular flexibility index (Phi) is 5.47. The Morgan fingerprint density at radius 1 is 0.588 bits per heavy atom. The maximum absolute atomic E-state index is 5.99. The molecule has 0 aliphatic rings. The fraction of sp³-hybridized carbons (Fsp3) is 1.00. The average Bonchev–Trinajstić information content (AvgIpc) is 1.65. The van der Waals surface area contributed by atoms with E-state index in [4.69, 9.17) is 13.3 Å². The molecule has 17 heavy (non-hydrogen) atoms. The van der Waals surface area contributed by atoms with Gasteiger partial charge >= 0.3 is 7.42 Å². The molecule has 5 heteroatoms. The summed E-state index contributed by atoms with van der Waals surface area (Å²) in [7, 11) is -2.84. The van der Waals surface area contributed by atoms with Crippen LogP contribution in [-0.2, 0) is 13.3 Å². The van der Waals surface area contributed by atoms with Crippen molar-refractivity contribution in [1.29, 1.82) is 0 Å². The van der Waals surface area contributed by atoms with Crippen LogP contribution in [0.4, 0.5) is 0 Å². The van der Waals surface area contributed by atoms with Gasteiger partial charge in [0.1, 0.15) is 0 Å². The first kappa shape index (κ1) is 17.6. The zero-order valence-corrected chi connectivity index (χ0v) is 15.2. The molecule has 0 N–H and O–H groups in total. The standard InChI is InChI=1S/C12H27BrO3Si/c1-10(2,3)14-17(13,15-11(4,5)6)16-12(7,8)9/h1-9H3. The third-order valence-electron chi connectivity index (χ3n) is 1.28. The lowest BCUT2D eigenvalue weighted by atomic mass is 10.2. The van der Waals surface area contributed by atoms with Gasteiger partial charge in [0.25, 0.3) is 0 Å². The minimum absolute atomic E-state index is 0.313. The van der Waals surface area contributed by atoms with Gasteiger partial charge in [0, 0.05) is 0 Å². The fourth-order valence-electron chi connectivity index (χ4n) is 1.16. The van der Waals surface area contributed by atoms with E-state index >= 15 is 0 Å². The summed E-state index contributed by atoms with van der Waals surface area (Å²) < 4.78 is 18.0. The summed E-state index contributed by atoms with van der Waals surface area (Å²) in [6, 6.07) is 0. The first-order valence-electron chi connectivity index (χ1n) is 5.91. The van der Waals surface area contributed by atoms with E-state index < -0.39 is 7.42 Å². The molecule has 0 aromatic carbocycles. The summed E-state index contributed by atoms with van der Waals surface area (Å²) in [5, 5.41) is 0. The van der Waals surface area contributed by atoms with E-state index in [-0.39, 0.29) is 16.8 Å². The minimum atomic E-state index is -2.84. The monoisotopic (exact) mass is 326 g/mol. The molecule has 0 atom stereocenters. The van der Waals surface area contributed by atoms with Crippen LogP contribution >= 0.6 is 15.3 Å². The zero-order chi connectivity index (χ0) is 14.1. The van der Waals surface area contributed by atoms with Crippen LogP contribution in [0.2, 0.25) is 0 Å². The molecule has 0 rings (SSSR count). The molecule has 0 unspecified atom stereocenters. The fourth-order valence-corrected chi connectivity index (χ4v) is 7.85. The molecule has 104 valence electrons. The lowest BCUT2D eigenvalue weighted by molar-refractivity contribution is -0.0563. The zero-order valence-electron chi connectivity index (χ0n) is 12.6.